The maximum absolute atomic E-state index is 13.5. The Labute approximate surface area is 118 Å². The van der Waals surface area contributed by atoms with Crippen LogP contribution in [-0.2, 0) is 9.53 Å². The van der Waals surface area contributed by atoms with Gasteiger partial charge < -0.3 is 10.1 Å². The van der Waals surface area contributed by atoms with Gasteiger partial charge in [0.2, 0.25) is 5.91 Å². The standard InChI is InChI=1S/C13H14BrF2NO2/c14-8-6-10(15)13(11(16)7-8)17-12(18)4-3-9-2-1-5-19-9/h6-7,9H,1-5H2,(H,17,18). The second-order valence-electron chi connectivity index (χ2n) is 4.47. The summed E-state index contributed by atoms with van der Waals surface area (Å²) < 4.78 is 32.7. The summed E-state index contributed by atoms with van der Waals surface area (Å²) in [6, 6.07) is 2.22. The Balaban J connectivity index is 1.91. The highest BCUT2D eigenvalue weighted by Gasteiger charge is 2.18. The first-order chi connectivity index (χ1) is 9.06. The van der Waals surface area contributed by atoms with Gasteiger partial charge in [0, 0.05) is 17.5 Å². The van der Waals surface area contributed by atoms with Crippen molar-refractivity contribution in [2.75, 3.05) is 11.9 Å². The molecule has 1 saturated heterocycles. The van der Waals surface area contributed by atoms with Gasteiger partial charge in [-0.15, -0.1) is 0 Å². The first kappa shape index (κ1) is 14.4. The highest BCUT2D eigenvalue weighted by atomic mass is 79.9. The van der Waals surface area contributed by atoms with E-state index in [-0.39, 0.29) is 12.5 Å². The van der Waals surface area contributed by atoms with Crippen LogP contribution in [0.2, 0.25) is 0 Å². The third-order valence-corrected chi connectivity index (χ3v) is 3.45. The predicted octanol–water partition coefficient (Wildman–Crippen LogP) is 3.63. The Morgan fingerprint density at radius 2 is 2.11 bits per heavy atom. The molecule has 6 heteroatoms. The third-order valence-electron chi connectivity index (χ3n) is 2.99. The molecule has 2 rings (SSSR count). The van der Waals surface area contributed by atoms with Crippen LogP contribution in [0.4, 0.5) is 14.5 Å². The van der Waals surface area contributed by atoms with Gasteiger partial charge in [-0.05, 0) is 31.4 Å². The van der Waals surface area contributed by atoms with Crippen molar-refractivity contribution in [3.63, 3.8) is 0 Å². The van der Waals surface area contributed by atoms with Gasteiger partial charge in [0.05, 0.1) is 6.10 Å². The lowest BCUT2D eigenvalue weighted by molar-refractivity contribution is -0.116. The van der Waals surface area contributed by atoms with Crippen LogP contribution in [0.5, 0.6) is 0 Å². The maximum atomic E-state index is 13.5. The maximum Gasteiger partial charge on any atom is 0.224 e. The molecule has 0 saturated carbocycles. The monoisotopic (exact) mass is 333 g/mol. The number of carbonyl (C=O) groups excluding carboxylic acids is 1. The average Bonchev–Trinajstić information content (AvgIpc) is 2.84. The number of anilines is 1. The molecule has 0 bridgehead atoms. The number of ether oxygens (including phenoxy) is 1. The molecule has 1 N–H and O–H groups in total. The summed E-state index contributed by atoms with van der Waals surface area (Å²) in [5.41, 5.74) is -0.402. The number of hydrogen-bond donors (Lipinski definition) is 1. The molecule has 104 valence electrons. The van der Waals surface area contributed by atoms with Gasteiger partial charge in [-0.1, -0.05) is 15.9 Å². The summed E-state index contributed by atoms with van der Waals surface area (Å²) in [5, 5.41) is 2.26. The minimum absolute atomic E-state index is 0.0883. The van der Waals surface area contributed by atoms with E-state index in [4.69, 9.17) is 4.74 Å². The van der Waals surface area contributed by atoms with E-state index in [0.717, 1.165) is 31.6 Å². The van der Waals surface area contributed by atoms with Gasteiger partial charge in [0.1, 0.15) is 5.69 Å². The molecule has 0 spiro atoms. The number of amides is 1. The second kappa shape index (κ2) is 6.43. The molecule has 0 aromatic heterocycles. The van der Waals surface area contributed by atoms with Gasteiger partial charge in [-0.3, -0.25) is 4.79 Å². The lowest BCUT2D eigenvalue weighted by Crippen LogP contribution is -2.16. The van der Waals surface area contributed by atoms with E-state index < -0.39 is 23.2 Å². The normalized spacial score (nSPS) is 18.6. The van der Waals surface area contributed by atoms with Crippen molar-refractivity contribution in [3.05, 3.63) is 28.2 Å². The zero-order valence-electron chi connectivity index (χ0n) is 10.2. The van der Waals surface area contributed by atoms with Crippen molar-refractivity contribution in [3.8, 4) is 0 Å². The summed E-state index contributed by atoms with van der Waals surface area (Å²) in [6.07, 6.45) is 2.80. The molecule has 0 radical (unpaired) electrons. The average molecular weight is 334 g/mol. The molecule has 1 aliphatic rings. The summed E-state index contributed by atoms with van der Waals surface area (Å²) in [5.74, 6) is -2.00. The first-order valence-electron chi connectivity index (χ1n) is 6.12. The first-order valence-corrected chi connectivity index (χ1v) is 6.91. The van der Waals surface area contributed by atoms with E-state index in [1.54, 1.807) is 0 Å². The number of hydrogen-bond acceptors (Lipinski definition) is 2. The Bertz CT molecular complexity index is 453. The molecule has 3 nitrogen and oxygen atoms in total. The fourth-order valence-corrected chi connectivity index (χ4v) is 2.43. The molecule has 1 atom stereocenters. The van der Waals surface area contributed by atoms with Crippen LogP contribution in [0.1, 0.15) is 25.7 Å². The van der Waals surface area contributed by atoms with Crippen LogP contribution in [0.3, 0.4) is 0 Å². The number of halogens is 3. The highest BCUT2D eigenvalue weighted by Crippen LogP contribution is 2.24. The molecule has 1 fully saturated rings. The Hall–Kier alpha value is -1.01. The Kier molecular flexibility index (Phi) is 4.87. The van der Waals surface area contributed by atoms with E-state index in [1.165, 1.54) is 0 Å². The largest absolute Gasteiger partial charge is 0.378 e. The van der Waals surface area contributed by atoms with Gasteiger partial charge >= 0.3 is 0 Å². The van der Waals surface area contributed by atoms with E-state index in [1.807, 2.05) is 0 Å². The number of rotatable bonds is 4. The van der Waals surface area contributed by atoms with Crippen molar-refractivity contribution >= 4 is 27.5 Å². The van der Waals surface area contributed by atoms with Crippen LogP contribution in [0, 0.1) is 11.6 Å². The van der Waals surface area contributed by atoms with Crippen LogP contribution in [0.25, 0.3) is 0 Å². The molecule has 1 aliphatic heterocycles. The van der Waals surface area contributed by atoms with E-state index >= 15 is 0 Å². The molecular formula is C13H14BrF2NO2. The molecule has 1 amide bonds. The zero-order valence-corrected chi connectivity index (χ0v) is 11.8. The molecule has 0 aliphatic carbocycles. The molecule has 1 unspecified atom stereocenters. The molecular weight excluding hydrogens is 320 g/mol. The van der Waals surface area contributed by atoms with Gasteiger partial charge in [0.25, 0.3) is 0 Å². The lowest BCUT2D eigenvalue weighted by Gasteiger charge is -2.10. The molecule has 1 aromatic carbocycles. The SMILES string of the molecule is O=C(CCC1CCCO1)Nc1c(F)cc(Br)cc1F. The van der Waals surface area contributed by atoms with Crippen molar-refractivity contribution < 1.29 is 18.3 Å². The minimum atomic E-state index is -0.794. The number of nitrogens with one attached hydrogen (secondary N) is 1. The summed E-state index contributed by atoms with van der Waals surface area (Å²) in [6.45, 7) is 0.724. The van der Waals surface area contributed by atoms with Crippen molar-refractivity contribution in [2.45, 2.75) is 31.8 Å². The van der Waals surface area contributed by atoms with E-state index in [2.05, 4.69) is 21.2 Å². The molecule has 1 aromatic rings. The van der Waals surface area contributed by atoms with Crippen LogP contribution < -0.4 is 5.32 Å². The second-order valence-corrected chi connectivity index (χ2v) is 5.38. The zero-order chi connectivity index (χ0) is 13.8. The van der Waals surface area contributed by atoms with Gasteiger partial charge in [-0.25, -0.2) is 8.78 Å². The summed E-state index contributed by atoms with van der Waals surface area (Å²) in [4.78, 5) is 11.6. The van der Waals surface area contributed by atoms with Crippen LogP contribution >= 0.6 is 15.9 Å². The summed E-state index contributed by atoms with van der Waals surface area (Å²) >= 11 is 2.98. The smallest absolute Gasteiger partial charge is 0.224 e. The van der Waals surface area contributed by atoms with Crippen LogP contribution in [0.15, 0.2) is 16.6 Å². The van der Waals surface area contributed by atoms with Gasteiger partial charge in [0.15, 0.2) is 11.6 Å². The van der Waals surface area contributed by atoms with E-state index in [9.17, 15) is 13.6 Å². The quantitative estimate of drug-likeness (QED) is 0.913. The van der Waals surface area contributed by atoms with Gasteiger partial charge in [-0.2, -0.15) is 0 Å². The topological polar surface area (TPSA) is 38.3 Å². The fourth-order valence-electron chi connectivity index (χ4n) is 2.03. The Morgan fingerprint density at radius 1 is 1.42 bits per heavy atom. The van der Waals surface area contributed by atoms with Crippen LogP contribution in [-0.4, -0.2) is 18.6 Å². The molecule has 19 heavy (non-hydrogen) atoms. The van der Waals surface area contributed by atoms with E-state index in [0.29, 0.717) is 10.9 Å². The number of benzene rings is 1. The number of carbonyl (C=O) groups is 1. The van der Waals surface area contributed by atoms with Crippen molar-refractivity contribution in [2.24, 2.45) is 0 Å². The predicted molar refractivity (Wildman–Crippen MR) is 70.9 cm³/mol. The summed E-state index contributed by atoms with van der Waals surface area (Å²) in [7, 11) is 0. The third kappa shape index (κ3) is 3.98. The lowest BCUT2D eigenvalue weighted by atomic mass is 10.1. The van der Waals surface area contributed by atoms with Crippen molar-refractivity contribution in [1.82, 2.24) is 0 Å². The van der Waals surface area contributed by atoms with Crippen molar-refractivity contribution in [1.29, 1.82) is 0 Å². The Morgan fingerprint density at radius 3 is 2.68 bits per heavy atom. The highest BCUT2D eigenvalue weighted by molar-refractivity contribution is 9.10. The molecule has 1 heterocycles. The minimum Gasteiger partial charge on any atom is -0.378 e. The fraction of sp³-hybridized carbons (Fsp3) is 0.462.